The number of rotatable bonds is 10. The number of esters is 1. The Labute approximate surface area is 305 Å². The van der Waals surface area contributed by atoms with Crippen LogP contribution in [-0.4, -0.2) is 15.8 Å². The number of carbonyl (C=O) groups excluding carboxylic acids is 1. The highest BCUT2D eigenvalue weighted by Gasteiger charge is 2.50. The molecule has 1 heterocycles. The number of hydrogen-bond acceptors (Lipinski definition) is 6. The Morgan fingerprint density at radius 3 is 1.48 bits per heavy atom. The molecule has 5 aromatic carbocycles. The molecule has 1 aliphatic heterocycles. The average Bonchev–Trinajstić information content (AvgIpc) is 3.46. The highest BCUT2D eigenvalue weighted by atomic mass is 19.2. The minimum absolute atomic E-state index is 0.0403. The van der Waals surface area contributed by atoms with Crippen LogP contribution in [-0.2, 0) is 23.2 Å². The summed E-state index contributed by atoms with van der Waals surface area (Å²) >= 11 is 0. The Morgan fingerprint density at radius 1 is 0.648 bits per heavy atom. The summed E-state index contributed by atoms with van der Waals surface area (Å²) in [4.78, 5) is 36.0. The van der Waals surface area contributed by atoms with E-state index in [0.29, 0.717) is 22.3 Å². The second-order valence-electron chi connectivity index (χ2n) is 12.1. The van der Waals surface area contributed by atoms with E-state index in [1.807, 2.05) is 0 Å². The van der Waals surface area contributed by atoms with Crippen LogP contribution in [0.2, 0.25) is 0 Å². The lowest BCUT2D eigenvalue weighted by atomic mass is 9.82. The van der Waals surface area contributed by atoms with Crippen molar-refractivity contribution < 1.29 is 36.9 Å². The SMILES string of the molecule is C#CCc1cccc(C(=CC2(C=C(c3cccc(CC#C)c3)c3cccc([N+](=O)[O-])c3)OC(=O)c3c(F)c(F)c(F)c(F)c32)c2cccc([N+](=O)[O-])c2)c1. The van der Waals surface area contributed by atoms with Crippen molar-refractivity contribution >= 4 is 28.5 Å². The van der Waals surface area contributed by atoms with Gasteiger partial charge in [0.05, 0.1) is 15.4 Å². The zero-order chi connectivity index (χ0) is 38.7. The van der Waals surface area contributed by atoms with Crippen LogP contribution in [0.3, 0.4) is 0 Å². The summed E-state index contributed by atoms with van der Waals surface area (Å²) in [6.07, 6.45) is 13.7. The fourth-order valence-corrected chi connectivity index (χ4v) is 6.29. The Hall–Kier alpha value is -7.31. The number of benzene rings is 5. The van der Waals surface area contributed by atoms with E-state index in [1.54, 1.807) is 48.5 Å². The maximum atomic E-state index is 16.3. The summed E-state index contributed by atoms with van der Waals surface area (Å²) in [6.45, 7) is 0. The third kappa shape index (κ3) is 6.84. The molecule has 1 aliphatic rings. The summed E-state index contributed by atoms with van der Waals surface area (Å²) in [7, 11) is 0. The molecular weight excluding hydrogens is 704 g/mol. The molecule has 0 amide bonds. The molecule has 8 nitrogen and oxygen atoms in total. The van der Waals surface area contributed by atoms with Crippen molar-refractivity contribution in [3.8, 4) is 24.7 Å². The Morgan fingerprint density at radius 2 is 1.06 bits per heavy atom. The first kappa shape index (κ1) is 36.5. The van der Waals surface area contributed by atoms with Crippen LogP contribution in [0.25, 0.3) is 11.1 Å². The average molecular weight is 729 g/mol. The number of ether oxygens (including phenoxy) is 1. The van der Waals surface area contributed by atoms with Crippen LogP contribution in [0, 0.1) is 68.2 Å². The van der Waals surface area contributed by atoms with Crippen molar-refractivity contribution in [1.82, 2.24) is 0 Å². The van der Waals surface area contributed by atoms with Crippen LogP contribution < -0.4 is 0 Å². The molecule has 0 atom stereocenters. The van der Waals surface area contributed by atoms with Gasteiger partial charge in [-0.05, 0) is 56.7 Å². The van der Waals surface area contributed by atoms with Crippen molar-refractivity contribution in [2.75, 3.05) is 0 Å². The van der Waals surface area contributed by atoms with Gasteiger partial charge < -0.3 is 4.74 Å². The summed E-state index contributed by atoms with van der Waals surface area (Å²) in [5.41, 5.74) is -3.51. The van der Waals surface area contributed by atoms with Crippen LogP contribution in [0.1, 0.15) is 49.3 Å². The maximum absolute atomic E-state index is 16.3. The van der Waals surface area contributed by atoms with E-state index < -0.39 is 55.8 Å². The predicted molar refractivity (Wildman–Crippen MR) is 192 cm³/mol. The van der Waals surface area contributed by atoms with E-state index in [1.165, 1.54) is 48.5 Å². The zero-order valence-electron chi connectivity index (χ0n) is 27.8. The molecule has 0 aromatic heterocycles. The molecule has 54 heavy (non-hydrogen) atoms. The van der Waals surface area contributed by atoms with Gasteiger partial charge in [0.15, 0.2) is 28.9 Å². The number of carbonyl (C=O) groups is 1. The molecule has 266 valence electrons. The molecule has 0 bridgehead atoms. The maximum Gasteiger partial charge on any atom is 0.343 e. The van der Waals surface area contributed by atoms with Crippen molar-refractivity contribution in [2.45, 2.75) is 18.4 Å². The van der Waals surface area contributed by atoms with E-state index in [0.717, 1.165) is 12.2 Å². The normalized spacial score (nSPS) is 15.2. The molecule has 0 spiro atoms. The van der Waals surface area contributed by atoms with Gasteiger partial charge in [-0.25, -0.2) is 22.4 Å². The molecule has 0 unspecified atom stereocenters. The lowest BCUT2D eigenvalue weighted by Crippen LogP contribution is -2.24. The fraction of sp³-hybridized carbons (Fsp3) is 0.0714. The van der Waals surface area contributed by atoms with E-state index in [-0.39, 0.29) is 46.5 Å². The van der Waals surface area contributed by atoms with Gasteiger partial charge in [0.25, 0.3) is 11.4 Å². The van der Waals surface area contributed by atoms with Crippen molar-refractivity contribution in [3.05, 3.63) is 197 Å². The summed E-state index contributed by atoms with van der Waals surface area (Å²) in [6, 6.07) is 23.5. The number of hydrogen-bond donors (Lipinski definition) is 0. The van der Waals surface area contributed by atoms with E-state index in [4.69, 9.17) is 17.6 Å². The van der Waals surface area contributed by atoms with Gasteiger partial charge in [-0.1, -0.05) is 72.8 Å². The lowest BCUT2D eigenvalue weighted by molar-refractivity contribution is -0.385. The first-order chi connectivity index (χ1) is 25.9. The summed E-state index contributed by atoms with van der Waals surface area (Å²) < 4.78 is 67.7. The molecular formula is C42H24F4N2O6. The Balaban J connectivity index is 1.81. The molecule has 0 fully saturated rings. The van der Waals surface area contributed by atoms with Gasteiger partial charge in [0.2, 0.25) is 0 Å². The predicted octanol–water partition coefficient (Wildman–Crippen LogP) is 9.04. The number of nitrogens with zero attached hydrogens (tertiary/aromatic N) is 2. The number of nitro groups is 2. The van der Waals surface area contributed by atoms with Gasteiger partial charge in [-0.2, -0.15) is 0 Å². The number of halogens is 4. The van der Waals surface area contributed by atoms with Crippen molar-refractivity contribution in [2.24, 2.45) is 0 Å². The van der Waals surface area contributed by atoms with E-state index in [2.05, 4.69) is 11.8 Å². The molecule has 5 aromatic rings. The topological polar surface area (TPSA) is 113 Å². The Bertz CT molecular complexity index is 2420. The third-order valence-electron chi connectivity index (χ3n) is 8.67. The molecule has 0 N–H and O–H groups in total. The highest BCUT2D eigenvalue weighted by molar-refractivity contribution is 5.98. The van der Waals surface area contributed by atoms with Gasteiger partial charge in [-0.3, -0.25) is 20.2 Å². The van der Waals surface area contributed by atoms with Crippen LogP contribution in [0.4, 0.5) is 28.9 Å². The lowest BCUT2D eigenvalue weighted by Gasteiger charge is -2.27. The quantitative estimate of drug-likeness (QED) is 0.0270. The van der Waals surface area contributed by atoms with Crippen LogP contribution >= 0.6 is 0 Å². The summed E-state index contributed by atoms with van der Waals surface area (Å²) in [5.74, 6) is -5.01. The smallest absolute Gasteiger partial charge is 0.343 e. The number of cyclic esters (lactones) is 1. The van der Waals surface area contributed by atoms with Crippen molar-refractivity contribution in [1.29, 1.82) is 0 Å². The minimum Gasteiger partial charge on any atom is -0.442 e. The van der Waals surface area contributed by atoms with Crippen molar-refractivity contribution in [3.63, 3.8) is 0 Å². The first-order valence-electron chi connectivity index (χ1n) is 16.0. The standard InChI is InChI=1S/C42H24F4N2O6/c1-3-9-25-11-5-13-27(19-25)33(29-15-7-17-31(21-29)47(50)51)23-42(36-35(41(49)54-42)37(43)39(45)40(46)38(36)44)24-34(28-14-6-12-26(20-28)10-4-2)30-16-8-18-32(22-30)48(52)53/h1-2,5-8,11-24H,9-10H2. The Kier molecular flexibility index (Phi) is 9.96. The highest BCUT2D eigenvalue weighted by Crippen LogP contribution is 2.48. The molecule has 6 rings (SSSR count). The molecule has 0 saturated heterocycles. The van der Waals surface area contributed by atoms with Crippen LogP contribution in [0.15, 0.2) is 109 Å². The zero-order valence-corrected chi connectivity index (χ0v) is 27.8. The van der Waals surface area contributed by atoms with Gasteiger partial charge >= 0.3 is 5.97 Å². The summed E-state index contributed by atoms with van der Waals surface area (Å²) in [5, 5.41) is 23.8. The molecule has 0 saturated carbocycles. The monoisotopic (exact) mass is 728 g/mol. The second kappa shape index (κ2) is 14.7. The van der Waals surface area contributed by atoms with Gasteiger partial charge in [0.1, 0.15) is 5.56 Å². The van der Waals surface area contributed by atoms with Crippen LogP contribution in [0.5, 0.6) is 0 Å². The first-order valence-corrected chi connectivity index (χ1v) is 16.0. The number of fused-ring (bicyclic) bond motifs is 1. The number of terminal acetylenes is 2. The van der Waals surface area contributed by atoms with E-state index in [9.17, 15) is 29.4 Å². The third-order valence-corrected chi connectivity index (χ3v) is 8.67. The second-order valence-corrected chi connectivity index (χ2v) is 12.1. The minimum atomic E-state index is -2.64. The number of nitro benzene ring substituents is 2. The number of non-ortho nitro benzene ring substituents is 2. The molecule has 0 aliphatic carbocycles. The molecule has 0 radical (unpaired) electrons. The van der Waals surface area contributed by atoms with Gasteiger partial charge in [0, 0.05) is 37.1 Å². The largest absolute Gasteiger partial charge is 0.442 e. The van der Waals surface area contributed by atoms with Gasteiger partial charge in [-0.15, -0.1) is 24.7 Å². The van der Waals surface area contributed by atoms with E-state index >= 15 is 13.2 Å². The molecule has 12 heteroatoms. The fourth-order valence-electron chi connectivity index (χ4n) is 6.29.